The second kappa shape index (κ2) is 6.15. The van der Waals surface area contributed by atoms with Crippen molar-refractivity contribution in [2.24, 2.45) is 0 Å². The van der Waals surface area contributed by atoms with Crippen LogP contribution in [0.1, 0.15) is 22.2 Å². The third-order valence-electron chi connectivity index (χ3n) is 2.79. The number of carbonyl (C=O) groups is 1. The van der Waals surface area contributed by atoms with Gasteiger partial charge in [-0.15, -0.1) is 11.3 Å². The van der Waals surface area contributed by atoms with E-state index in [9.17, 15) is 4.79 Å². The summed E-state index contributed by atoms with van der Waals surface area (Å²) in [6, 6.07) is 7.54. The summed E-state index contributed by atoms with van der Waals surface area (Å²) in [6.45, 7) is 2.09. The molecule has 0 amide bonds. The monoisotopic (exact) mass is 310 g/mol. The maximum absolute atomic E-state index is 11.5. The molecule has 0 aliphatic carbocycles. The van der Waals surface area contributed by atoms with Gasteiger partial charge in [0.25, 0.3) is 0 Å². The zero-order valence-electron chi connectivity index (χ0n) is 11.2. The SMILES string of the molecule is COc1c(NCc2ccc(Cl)cc2)sc(C(C)=O)c1N. The highest BCUT2D eigenvalue weighted by atomic mass is 35.5. The van der Waals surface area contributed by atoms with Crippen molar-refractivity contribution < 1.29 is 9.53 Å². The summed E-state index contributed by atoms with van der Waals surface area (Å²) in [5.74, 6) is 0.458. The normalized spacial score (nSPS) is 10.3. The summed E-state index contributed by atoms with van der Waals surface area (Å²) < 4.78 is 5.26. The molecule has 0 spiro atoms. The predicted molar refractivity (Wildman–Crippen MR) is 84.1 cm³/mol. The Balaban J connectivity index is 2.18. The number of rotatable bonds is 5. The van der Waals surface area contributed by atoms with Crippen LogP contribution in [0.2, 0.25) is 5.02 Å². The van der Waals surface area contributed by atoms with E-state index in [-0.39, 0.29) is 5.78 Å². The molecule has 0 aliphatic rings. The Morgan fingerprint density at radius 2 is 2.05 bits per heavy atom. The third-order valence-corrected chi connectivity index (χ3v) is 4.29. The first-order chi connectivity index (χ1) is 9.52. The van der Waals surface area contributed by atoms with Crippen LogP contribution in [0.4, 0.5) is 10.7 Å². The smallest absolute Gasteiger partial charge is 0.176 e. The van der Waals surface area contributed by atoms with E-state index in [1.165, 1.54) is 25.4 Å². The number of benzene rings is 1. The fourth-order valence-corrected chi connectivity index (χ4v) is 2.90. The van der Waals surface area contributed by atoms with Gasteiger partial charge in [-0.2, -0.15) is 0 Å². The average molecular weight is 311 g/mol. The summed E-state index contributed by atoms with van der Waals surface area (Å²) >= 11 is 7.15. The number of nitrogens with two attached hydrogens (primary N) is 1. The van der Waals surface area contributed by atoms with E-state index in [2.05, 4.69) is 5.32 Å². The van der Waals surface area contributed by atoms with Gasteiger partial charge in [-0.05, 0) is 17.7 Å². The number of Topliss-reactive ketones (excluding diaryl/α,β-unsaturated/α-hetero) is 1. The average Bonchev–Trinajstić information content (AvgIpc) is 2.74. The number of methoxy groups -OCH3 is 1. The second-order valence-corrected chi connectivity index (χ2v) is 5.70. The van der Waals surface area contributed by atoms with Crippen molar-refractivity contribution in [3.8, 4) is 5.75 Å². The number of carbonyl (C=O) groups excluding carboxylic acids is 1. The molecule has 2 rings (SSSR count). The summed E-state index contributed by atoms with van der Waals surface area (Å²) in [5.41, 5.74) is 7.38. The zero-order valence-corrected chi connectivity index (χ0v) is 12.8. The number of thiophene rings is 1. The van der Waals surface area contributed by atoms with Gasteiger partial charge in [0.1, 0.15) is 5.00 Å². The minimum atomic E-state index is -0.0645. The fourth-order valence-electron chi connectivity index (χ4n) is 1.79. The highest BCUT2D eigenvalue weighted by molar-refractivity contribution is 7.19. The molecule has 0 unspecified atom stereocenters. The number of anilines is 2. The minimum absolute atomic E-state index is 0.0645. The van der Waals surface area contributed by atoms with Crippen molar-refractivity contribution in [2.75, 3.05) is 18.2 Å². The molecule has 4 nitrogen and oxygen atoms in total. The molecule has 1 heterocycles. The largest absolute Gasteiger partial charge is 0.492 e. The summed E-state index contributed by atoms with van der Waals surface area (Å²) in [4.78, 5) is 12.0. The molecule has 0 bridgehead atoms. The molecule has 0 fully saturated rings. The number of ether oxygens (including phenoxy) is 1. The first-order valence-corrected chi connectivity index (χ1v) is 7.18. The lowest BCUT2D eigenvalue weighted by molar-refractivity contribution is 0.102. The molecule has 2 aromatic rings. The van der Waals surface area contributed by atoms with E-state index in [0.717, 1.165) is 10.6 Å². The molecule has 0 atom stereocenters. The summed E-state index contributed by atoms with van der Waals surface area (Å²) in [6.07, 6.45) is 0. The van der Waals surface area contributed by atoms with Crippen LogP contribution in [0.15, 0.2) is 24.3 Å². The van der Waals surface area contributed by atoms with Crippen LogP contribution < -0.4 is 15.8 Å². The molecular formula is C14H15ClN2O2S. The molecule has 0 saturated carbocycles. The number of nitrogen functional groups attached to an aromatic ring is 1. The van der Waals surface area contributed by atoms with E-state index in [1.54, 1.807) is 0 Å². The van der Waals surface area contributed by atoms with Crippen LogP contribution in [0.3, 0.4) is 0 Å². The van der Waals surface area contributed by atoms with Crippen molar-refractivity contribution in [3.63, 3.8) is 0 Å². The van der Waals surface area contributed by atoms with Crippen LogP contribution in [0.5, 0.6) is 5.75 Å². The highest BCUT2D eigenvalue weighted by Gasteiger charge is 2.19. The van der Waals surface area contributed by atoms with Crippen LogP contribution in [0.25, 0.3) is 0 Å². The van der Waals surface area contributed by atoms with Gasteiger partial charge in [0.15, 0.2) is 11.5 Å². The van der Waals surface area contributed by atoms with Crippen molar-refractivity contribution in [3.05, 3.63) is 39.7 Å². The van der Waals surface area contributed by atoms with Crippen LogP contribution >= 0.6 is 22.9 Å². The second-order valence-electron chi connectivity index (χ2n) is 4.24. The Hall–Kier alpha value is -1.72. The fraction of sp³-hybridized carbons (Fsp3) is 0.214. The zero-order chi connectivity index (χ0) is 14.7. The minimum Gasteiger partial charge on any atom is -0.492 e. The van der Waals surface area contributed by atoms with Gasteiger partial charge in [0, 0.05) is 18.5 Å². The van der Waals surface area contributed by atoms with E-state index in [0.29, 0.717) is 27.9 Å². The number of hydrogen-bond donors (Lipinski definition) is 2. The Labute approximate surface area is 126 Å². The molecule has 1 aromatic heterocycles. The maximum atomic E-state index is 11.5. The standard InChI is InChI=1S/C14H15ClN2O2S/c1-8(18)13-11(16)12(19-2)14(20-13)17-7-9-3-5-10(15)6-4-9/h3-6,17H,7,16H2,1-2H3. The van der Waals surface area contributed by atoms with Crippen LogP contribution in [0, 0.1) is 0 Å². The van der Waals surface area contributed by atoms with Gasteiger partial charge in [-0.3, -0.25) is 4.79 Å². The Morgan fingerprint density at radius 3 is 2.60 bits per heavy atom. The number of halogens is 1. The highest BCUT2D eigenvalue weighted by Crippen LogP contribution is 2.42. The molecule has 20 heavy (non-hydrogen) atoms. The topological polar surface area (TPSA) is 64.3 Å². The molecule has 0 radical (unpaired) electrons. The Bertz CT molecular complexity index is 623. The maximum Gasteiger partial charge on any atom is 0.176 e. The quantitative estimate of drug-likeness (QED) is 0.824. The van der Waals surface area contributed by atoms with Crippen LogP contribution in [-0.2, 0) is 6.54 Å². The van der Waals surface area contributed by atoms with Gasteiger partial charge in [0.2, 0.25) is 0 Å². The number of ketones is 1. The molecule has 6 heteroatoms. The van der Waals surface area contributed by atoms with Gasteiger partial charge in [0.05, 0.1) is 17.7 Å². The van der Waals surface area contributed by atoms with Crippen molar-refractivity contribution in [2.45, 2.75) is 13.5 Å². The Kier molecular flexibility index (Phi) is 4.52. The summed E-state index contributed by atoms with van der Waals surface area (Å²) in [5, 5.41) is 4.69. The van der Waals surface area contributed by atoms with Crippen molar-refractivity contribution in [1.82, 2.24) is 0 Å². The van der Waals surface area contributed by atoms with Gasteiger partial charge >= 0.3 is 0 Å². The van der Waals surface area contributed by atoms with E-state index in [1.807, 2.05) is 24.3 Å². The van der Waals surface area contributed by atoms with E-state index >= 15 is 0 Å². The number of nitrogens with one attached hydrogen (secondary N) is 1. The van der Waals surface area contributed by atoms with Crippen molar-refractivity contribution >= 4 is 39.4 Å². The Morgan fingerprint density at radius 1 is 1.40 bits per heavy atom. The lowest BCUT2D eigenvalue weighted by atomic mass is 10.2. The van der Waals surface area contributed by atoms with Gasteiger partial charge in [-0.1, -0.05) is 23.7 Å². The van der Waals surface area contributed by atoms with E-state index < -0.39 is 0 Å². The first kappa shape index (κ1) is 14.7. The lowest BCUT2D eigenvalue weighted by Crippen LogP contribution is -2.00. The summed E-state index contributed by atoms with van der Waals surface area (Å²) in [7, 11) is 1.54. The van der Waals surface area contributed by atoms with Gasteiger partial charge in [-0.25, -0.2) is 0 Å². The molecule has 1 aromatic carbocycles. The molecule has 0 saturated heterocycles. The molecule has 3 N–H and O–H groups in total. The third kappa shape index (κ3) is 3.05. The predicted octanol–water partition coefficient (Wildman–Crippen LogP) is 3.81. The van der Waals surface area contributed by atoms with E-state index in [4.69, 9.17) is 22.1 Å². The molecule has 0 aliphatic heterocycles. The first-order valence-electron chi connectivity index (χ1n) is 5.98. The molecular weight excluding hydrogens is 296 g/mol. The lowest BCUT2D eigenvalue weighted by Gasteiger charge is -2.07. The number of hydrogen-bond acceptors (Lipinski definition) is 5. The van der Waals surface area contributed by atoms with Crippen LogP contribution in [-0.4, -0.2) is 12.9 Å². The molecule has 106 valence electrons. The van der Waals surface area contributed by atoms with Gasteiger partial charge < -0.3 is 15.8 Å². The van der Waals surface area contributed by atoms with Crippen molar-refractivity contribution in [1.29, 1.82) is 0 Å².